The molecule has 1 heterocycles. The summed E-state index contributed by atoms with van der Waals surface area (Å²) in [5, 5.41) is 10.0. The van der Waals surface area contributed by atoms with Crippen molar-refractivity contribution in [1.82, 2.24) is 10.2 Å². The Kier molecular flexibility index (Phi) is 3.34. The molecule has 1 aromatic heterocycles. The molecule has 7 nitrogen and oxygen atoms in total. The number of H-pyrrole nitrogens is 1. The van der Waals surface area contributed by atoms with Crippen molar-refractivity contribution >= 4 is 28.4 Å². The zero-order valence-corrected chi connectivity index (χ0v) is 11.4. The summed E-state index contributed by atoms with van der Waals surface area (Å²) in [4.78, 5) is 23.5. The second-order valence-electron chi connectivity index (χ2n) is 5.39. The highest BCUT2D eigenvalue weighted by molar-refractivity contribution is 6.05. The number of carbonyl (C=O) groups excluding carboxylic acids is 2. The van der Waals surface area contributed by atoms with Crippen molar-refractivity contribution in [1.29, 1.82) is 0 Å². The molecule has 1 fully saturated rings. The number of nitrogens with two attached hydrogens (primary N) is 2. The molecule has 0 unspecified atom stereocenters. The van der Waals surface area contributed by atoms with Gasteiger partial charge in [-0.25, -0.2) is 0 Å². The molecule has 0 radical (unpaired) electrons. The number of aromatic amines is 1. The summed E-state index contributed by atoms with van der Waals surface area (Å²) in [5.41, 5.74) is 12.7. The molecule has 7 heteroatoms. The summed E-state index contributed by atoms with van der Waals surface area (Å²) in [5.74, 6) is -0.841. The Balaban J connectivity index is 1.85. The van der Waals surface area contributed by atoms with E-state index in [9.17, 15) is 9.59 Å². The molecule has 0 bridgehead atoms. The maximum Gasteiger partial charge on any atom is 0.269 e. The first-order valence-electron chi connectivity index (χ1n) is 6.90. The highest BCUT2D eigenvalue weighted by Gasteiger charge is 2.30. The zero-order chi connectivity index (χ0) is 15.0. The van der Waals surface area contributed by atoms with Gasteiger partial charge in [0.15, 0.2) is 5.69 Å². The molecule has 1 aromatic carbocycles. The fourth-order valence-corrected chi connectivity index (χ4v) is 2.83. The number of anilines is 1. The van der Waals surface area contributed by atoms with Crippen LogP contribution in [-0.2, 0) is 4.79 Å². The lowest BCUT2D eigenvalue weighted by Gasteiger charge is -2.15. The molecule has 21 heavy (non-hydrogen) atoms. The van der Waals surface area contributed by atoms with E-state index < -0.39 is 5.91 Å². The largest absolute Gasteiger partial charge is 0.364 e. The topological polar surface area (TPSA) is 127 Å². The second-order valence-corrected chi connectivity index (χ2v) is 5.39. The number of primary amides is 1. The molecule has 0 saturated heterocycles. The van der Waals surface area contributed by atoms with Gasteiger partial charge in [-0.15, -0.1) is 0 Å². The Morgan fingerprint density at radius 2 is 2.14 bits per heavy atom. The van der Waals surface area contributed by atoms with Gasteiger partial charge >= 0.3 is 0 Å². The van der Waals surface area contributed by atoms with Crippen molar-refractivity contribution in [2.75, 3.05) is 5.32 Å². The molecule has 1 aliphatic rings. The Labute approximate surface area is 121 Å². The standard InChI is InChI=1S/C14H17N5O2/c15-10-3-1-2-8(10)14(21)17-7-4-5-11-9(6-7)12(13(16)20)19-18-11/h4-6,8,10H,1-3,15H2,(H2,16,20)(H,17,21)(H,18,19)/t8-,10+/m0/s1. The van der Waals surface area contributed by atoms with Crippen LogP contribution in [0.15, 0.2) is 18.2 Å². The highest BCUT2D eigenvalue weighted by Crippen LogP contribution is 2.26. The van der Waals surface area contributed by atoms with Gasteiger partial charge in [-0.2, -0.15) is 5.10 Å². The number of aromatic nitrogens is 2. The molecule has 1 aliphatic carbocycles. The minimum atomic E-state index is -0.609. The summed E-state index contributed by atoms with van der Waals surface area (Å²) in [7, 11) is 0. The van der Waals surface area contributed by atoms with Gasteiger partial charge in [0.25, 0.3) is 5.91 Å². The number of fused-ring (bicyclic) bond motifs is 1. The van der Waals surface area contributed by atoms with E-state index in [4.69, 9.17) is 11.5 Å². The SMILES string of the molecule is NC(=O)c1n[nH]c2ccc(NC(=O)[C@H]3CCC[C@H]3N)cc12. The van der Waals surface area contributed by atoms with E-state index in [2.05, 4.69) is 15.5 Å². The monoisotopic (exact) mass is 287 g/mol. The third-order valence-corrected chi connectivity index (χ3v) is 3.97. The zero-order valence-electron chi connectivity index (χ0n) is 11.4. The van der Waals surface area contributed by atoms with Crippen molar-refractivity contribution in [3.63, 3.8) is 0 Å². The molecule has 0 aliphatic heterocycles. The van der Waals surface area contributed by atoms with Crippen LogP contribution in [0.25, 0.3) is 10.9 Å². The van der Waals surface area contributed by atoms with Crippen molar-refractivity contribution in [3.8, 4) is 0 Å². The Hall–Kier alpha value is -2.41. The summed E-state index contributed by atoms with van der Waals surface area (Å²) >= 11 is 0. The molecule has 1 saturated carbocycles. The predicted octanol–water partition coefficient (Wildman–Crippen LogP) is 0.728. The number of nitrogens with zero attached hydrogens (tertiary/aromatic N) is 1. The number of benzene rings is 1. The first kappa shape index (κ1) is 13.6. The number of hydrogen-bond donors (Lipinski definition) is 4. The maximum atomic E-state index is 12.2. The molecule has 0 spiro atoms. The number of carbonyl (C=O) groups is 2. The van der Waals surface area contributed by atoms with E-state index in [1.807, 2.05) is 0 Å². The van der Waals surface area contributed by atoms with Crippen molar-refractivity contribution in [2.45, 2.75) is 25.3 Å². The average molecular weight is 287 g/mol. The lowest BCUT2D eigenvalue weighted by molar-refractivity contribution is -0.120. The third kappa shape index (κ3) is 2.47. The summed E-state index contributed by atoms with van der Waals surface area (Å²) < 4.78 is 0. The summed E-state index contributed by atoms with van der Waals surface area (Å²) in [6.45, 7) is 0. The third-order valence-electron chi connectivity index (χ3n) is 3.97. The lowest BCUT2D eigenvalue weighted by Crippen LogP contribution is -2.34. The van der Waals surface area contributed by atoms with Gasteiger partial charge in [0.05, 0.1) is 11.4 Å². The van der Waals surface area contributed by atoms with Crippen molar-refractivity contribution in [2.24, 2.45) is 17.4 Å². The fraction of sp³-hybridized carbons (Fsp3) is 0.357. The van der Waals surface area contributed by atoms with Crippen LogP contribution in [-0.4, -0.2) is 28.1 Å². The van der Waals surface area contributed by atoms with E-state index in [1.54, 1.807) is 18.2 Å². The molecule has 3 rings (SSSR count). The first-order chi connectivity index (χ1) is 10.1. The van der Waals surface area contributed by atoms with Crippen LogP contribution in [0.3, 0.4) is 0 Å². The van der Waals surface area contributed by atoms with Crippen LogP contribution in [0.5, 0.6) is 0 Å². The van der Waals surface area contributed by atoms with Crippen LogP contribution < -0.4 is 16.8 Å². The lowest BCUT2D eigenvalue weighted by atomic mass is 10.0. The second kappa shape index (κ2) is 5.17. The smallest absolute Gasteiger partial charge is 0.269 e. The van der Waals surface area contributed by atoms with Gasteiger partial charge in [0.1, 0.15) is 0 Å². The van der Waals surface area contributed by atoms with Crippen LogP contribution in [0.1, 0.15) is 29.8 Å². The minimum absolute atomic E-state index is 0.0798. The Bertz CT molecular complexity index is 708. The van der Waals surface area contributed by atoms with Crippen LogP contribution in [0.2, 0.25) is 0 Å². The van der Waals surface area contributed by atoms with Crippen LogP contribution in [0.4, 0.5) is 5.69 Å². The summed E-state index contributed by atoms with van der Waals surface area (Å²) in [6, 6.07) is 5.11. The molecular weight excluding hydrogens is 270 g/mol. The number of hydrogen-bond acceptors (Lipinski definition) is 4. The molecule has 2 atom stereocenters. The van der Waals surface area contributed by atoms with Crippen LogP contribution in [0, 0.1) is 5.92 Å². The maximum absolute atomic E-state index is 12.2. The van der Waals surface area contributed by atoms with E-state index in [0.717, 1.165) is 19.3 Å². The fourth-order valence-electron chi connectivity index (χ4n) is 2.83. The molecule has 2 amide bonds. The van der Waals surface area contributed by atoms with E-state index in [0.29, 0.717) is 16.6 Å². The van der Waals surface area contributed by atoms with Gasteiger partial charge in [-0.1, -0.05) is 6.42 Å². The highest BCUT2D eigenvalue weighted by atomic mass is 16.2. The molecular formula is C14H17N5O2. The van der Waals surface area contributed by atoms with E-state index in [-0.39, 0.29) is 23.6 Å². The van der Waals surface area contributed by atoms with Gasteiger partial charge in [-0.05, 0) is 31.0 Å². The molecule has 110 valence electrons. The van der Waals surface area contributed by atoms with Crippen molar-refractivity contribution < 1.29 is 9.59 Å². The Morgan fingerprint density at radius 1 is 1.33 bits per heavy atom. The van der Waals surface area contributed by atoms with E-state index >= 15 is 0 Å². The van der Waals surface area contributed by atoms with Gasteiger partial charge in [0, 0.05) is 17.1 Å². The van der Waals surface area contributed by atoms with E-state index in [1.165, 1.54) is 0 Å². The first-order valence-corrected chi connectivity index (χ1v) is 6.90. The van der Waals surface area contributed by atoms with Gasteiger partial charge in [-0.3, -0.25) is 14.7 Å². The molecule has 6 N–H and O–H groups in total. The minimum Gasteiger partial charge on any atom is -0.364 e. The summed E-state index contributed by atoms with van der Waals surface area (Å²) in [6.07, 6.45) is 2.67. The quantitative estimate of drug-likeness (QED) is 0.663. The molecule has 2 aromatic rings. The predicted molar refractivity (Wildman–Crippen MR) is 78.6 cm³/mol. The number of amides is 2. The normalized spacial score (nSPS) is 21.6. The van der Waals surface area contributed by atoms with Crippen molar-refractivity contribution in [3.05, 3.63) is 23.9 Å². The average Bonchev–Trinajstić information content (AvgIpc) is 3.04. The number of nitrogens with one attached hydrogen (secondary N) is 2. The van der Waals surface area contributed by atoms with Gasteiger partial charge < -0.3 is 16.8 Å². The van der Waals surface area contributed by atoms with Crippen LogP contribution >= 0.6 is 0 Å². The Morgan fingerprint density at radius 3 is 2.81 bits per heavy atom. The number of rotatable bonds is 3. The van der Waals surface area contributed by atoms with Gasteiger partial charge in [0.2, 0.25) is 5.91 Å².